The second-order valence-corrected chi connectivity index (χ2v) is 10.8. The van der Waals surface area contributed by atoms with Crippen molar-refractivity contribution in [1.29, 1.82) is 0 Å². The van der Waals surface area contributed by atoms with Crippen LogP contribution >= 0.6 is 0 Å². The number of nitrogens with zero attached hydrogens (tertiary/aromatic N) is 2. The molecule has 180 valence electrons. The SMILES string of the molecule is OC1C=CC(c2nc(OC3CCCC3)cc(C3=C4C=CCCC4CC4C=CCCC34)n2)C(O)C1. The van der Waals surface area contributed by atoms with Gasteiger partial charge in [-0.2, -0.15) is 4.98 Å². The van der Waals surface area contributed by atoms with Gasteiger partial charge in [-0.15, -0.1) is 0 Å². The fraction of sp³-hybridized carbons (Fsp3) is 0.586. The van der Waals surface area contributed by atoms with Gasteiger partial charge >= 0.3 is 0 Å². The lowest BCUT2D eigenvalue weighted by Gasteiger charge is -2.41. The number of hydrogen-bond donors (Lipinski definition) is 2. The highest BCUT2D eigenvalue weighted by atomic mass is 16.5. The summed E-state index contributed by atoms with van der Waals surface area (Å²) in [5.74, 6) is 2.53. The maximum Gasteiger partial charge on any atom is 0.217 e. The van der Waals surface area contributed by atoms with Gasteiger partial charge in [-0.05, 0) is 86.7 Å². The van der Waals surface area contributed by atoms with E-state index in [0.717, 1.165) is 37.8 Å². The topological polar surface area (TPSA) is 75.5 Å². The van der Waals surface area contributed by atoms with Crippen molar-refractivity contribution in [3.63, 3.8) is 0 Å². The molecule has 1 saturated carbocycles. The smallest absolute Gasteiger partial charge is 0.217 e. The predicted molar refractivity (Wildman–Crippen MR) is 132 cm³/mol. The molecule has 1 fully saturated rings. The summed E-state index contributed by atoms with van der Waals surface area (Å²) < 4.78 is 6.41. The van der Waals surface area contributed by atoms with E-state index in [-0.39, 0.29) is 12.0 Å². The first kappa shape index (κ1) is 22.2. The molecule has 0 radical (unpaired) electrons. The lowest BCUT2D eigenvalue weighted by molar-refractivity contribution is 0.0823. The van der Waals surface area contributed by atoms with E-state index in [9.17, 15) is 10.2 Å². The Bertz CT molecular complexity index is 1040. The number of aromatic nitrogens is 2. The molecule has 1 aromatic heterocycles. The van der Waals surface area contributed by atoms with Crippen LogP contribution in [0, 0.1) is 17.8 Å². The molecule has 6 rings (SSSR count). The maximum absolute atomic E-state index is 10.8. The third-order valence-electron chi connectivity index (χ3n) is 8.52. The van der Waals surface area contributed by atoms with Crippen molar-refractivity contribution in [2.75, 3.05) is 0 Å². The van der Waals surface area contributed by atoms with Crippen LogP contribution < -0.4 is 4.74 Å². The Morgan fingerprint density at radius 1 is 0.882 bits per heavy atom. The number of rotatable bonds is 4. The van der Waals surface area contributed by atoms with Gasteiger partial charge in [-0.25, -0.2) is 4.98 Å². The molecule has 5 nitrogen and oxygen atoms in total. The van der Waals surface area contributed by atoms with Gasteiger partial charge in [0.15, 0.2) is 0 Å². The highest BCUT2D eigenvalue weighted by Crippen LogP contribution is 2.50. The van der Waals surface area contributed by atoms with Crippen LogP contribution in [0.1, 0.15) is 81.6 Å². The summed E-state index contributed by atoms with van der Waals surface area (Å²) in [6.45, 7) is 0. The van der Waals surface area contributed by atoms with E-state index in [4.69, 9.17) is 14.7 Å². The fourth-order valence-electron chi connectivity index (χ4n) is 6.80. The molecular weight excluding hydrogens is 424 g/mol. The number of fused-ring (bicyclic) bond motifs is 2. The standard InChI is InChI=1S/C29H36N2O3/c32-20-13-14-24(26(33)16-20)29-30-25(17-27(31-29)34-21-9-3-4-10-21)28-22-11-5-1-7-18(22)15-19-8-2-6-12-23(19)28/h1,6-7,12-14,17-22,24,26,32-33H,2-5,8-11,15-16H2. The molecule has 0 bridgehead atoms. The van der Waals surface area contributed by atoms with Crippen LogP contribution in [0.3, 0.4) is 0 Å². The van der Waals surface area contributed by atoms with E-state index in [2.05, 4.69) is 30.4 Å². The quantitative estimate of drug-likeness (QED) is 0.599. The van der Waals surface area contributed by atoms with Gasteiger partial charge in [0.1, 0.15) is 11.9 Å². The monoisotopic (exact) mass is 460 g/mol. The summed E-state index contributed by atoms with van der Waals surface area (Å²) in [6, 6.07) is 2.07. The summed E-state index contributed by atoms with van der Waals surface area (Å²) >= 11 is 0. The molecule has 2 N–H and O–H groups in total. The second kappa shape index (κ2) is 9.43. The van der Waals surface area contributed by atoms with Crippen molar-refractivity contribution in [3.05, 3.63) is 59.6 Å². The Morgan fingerprint density at radius 3 is 2.59 bits per heavy atom. The molecule has 6 atom stereocenters. The number of allylic oxidation sites excluding steroid dienone is 6. The Balaban J connectivity index is 1.46. The van der Waals surface area contributed by atoms with Crippen molar-refractivity contribution < 1.29 is 14.9 Å². The zero-order chi connectivity index (χ0) is 23.1. The number of aliphatic hydroxyl groups excluding tert-OH is 2. The normalized spacial score (nSPS) is 35.4. The van der Waals surface area contributed by atoms with E-state index in [1.165, 1.54) is 36.8 Å². The molecule has 0 aromatic carbocycles. The van der Waals surface area contributed by atoms with E-state index >= 15 is 0 Å². The van der Waals surface area contributed by atoms with Gasteiger partial charge in [0.25, 0.3) is 0 Å². The van der Waals surface area contributed by atoms with Crippen LogP contribution in [0.4, 0.5) is 0 Å². The van der Waals surface area contributed by atoms with Crippen molar-refractivity contribution >= 4 is 5.57 Å². The van der Waals surface area contributed by atoms with Gasteiger partial charge in [0.05, 0.1) is 23.8 Å². The zero-order valence-electron chi connectivity index (χ0n) is 19.9. The molecule has 1 heterocycles. The van der Waals surface area contributed by atoms with Crippen molar-refractivity contribution in [1.82, 2.24) is 9.97 Å². The summed E-state index contributed by atoms with van der Waals surface area (Å²) in [5, 5.41) is 20.8. The molecule has 1 aromatic rings. The van der Waals surface area contributed by atoms with Crippen LogP contribution in [0.2, 0.25) is 0 Å². The van der Waals surface area contributed by atoms with E-state index in [1.807, 2.05) is 6.08 Å². The minimum Gasteiger partial charge on any atom is -0.474 e. The molecule has 5 aliphatic rings. The third-order valence-corrected chi connectivity index (χ3v) is 8.52. The van der Waals surface area contributed by atoms with Gasteiger partial charge in [-0.3, -0.25) is 0 Å². The predicted octanol–water partition coefficient (Wildman–Crippen LogP) is 5.27. The summed E-state index contributed by atoms with van der Waals surface area (Å²) in [4.78, 5) is 9.93. The Labute approximate surface area is 202 Å². The van der Waals surface area contributed by atoms with Gasteiger partial charge in [-0.1, -0.05) is 36.5 Å². The lowest BCUT2D eigenvalue weighted by atomic mass is 9.64. The van der Waals surface area contributed by atoms with E-state index in [1.54, 1.807) is 6.08 Å². The molecule has 0 amide bonds. The Hall–Kier alpha value is -2.24. The van der Waals surface area contributed by atoms with Crippen LogP contribution in [-0.2, 0) is 0 Å². The second-order valence-electron chi connectivity index (χ2n) is 10.8. The first-order chi connectivity index (χ1) is 16.7. The van der Waals surface area contributed by atoms with Crippen molar-refractivity contribution in [2.24, 2.45) is 17.8 Å². The average molecular weight is 461 g/mol. The minimum absolute atomic E-state index is 0.209. The van der Waals surface area contributed by atoms with E-state index < -0.39 is 12.2 Å². The van der Waals surface area contributed by atoms with Crippen molar-refractivity contribution in [3.8, 4) is 5.88 Å². The highest BCUT2D eigenvalue weighted by molar-refractivity contribution is 5.73. The summed E-state index contributed by atoms with van der Waals surface area (Å²) in [5.41, 5.74) is 3.80. The van der Waals surface area contributed by atoms with Gasteiger partial charge < -0.3 is 14.9 Å². The van der Waals surface area contributed by atoms with Gasteiger partial charge in [0.2, 0.25) is 5.88 Å². The molecule has 0 aliphatic heterocycles. The summed E-state index contributed by atoms with van der Waals surface area (Å²) in [7, 11) is 0. The number of aliphatic hydroxyl groups is 2. The zero-order valence-corrected chi connectivity index (χ0v) is 19.9. The first-order valence-corrected chi connectivity index (χ1v) is 13.3. The third kappa shape index (κ3) is 4.29. The lowest BCUT2D eigenvalue weighted by Crippen LogP contribution is -2.30. The van der Waals surface area contributed by atoms with E-state index in [0.29, 0.717) is 35.9 Å². The molecular formula is C29H36N2O3. The molecule has 5 aliphatic carbocycles. The highest BCUT2D eigenvalue weighted by Gasteiger charge is 2.38. The fourth-order valence-corrected chi connectivity index (χ4v) is 6.80. The molecule has 34 heavy (non-hydrogen) atoms. The average Bonchev–Trinajstić information content (AvgIpc) is 3.35. The largest absolute Gasteiger partial charge is 0.474 e. The Morgan fingerprint density at radius 2 is 1.74 bits per heavy atom. The maximum atomic E-state index is 10.8. The van der Waals surface area contributed by atoms with Crippen molar-refractivity contribution in [2.45, 2.75) is 88.4 Å². The van der Waals surface area contributed by atoms with Crippen LogP contribution in [0.25, 0.3) is 5.57 Å². The van der Waals surface area contributed by atoms with Gasteiger partial charge in [0, 0.05) is 12.5 Å². The van der Waals surface area contributed by atoms with Crippen LogP contribution in [0.5, 0.6) is 5.88 Å². The number of ether oxygens (including phenoxy) is 1. The molecule has 0 saturated heterocycles. The van der Waals surface area contributed by atoms with Crippen LogP contribution in [-0.4, -0.2) is 38.5 Å². The summed E-state index contributed by atoms with van der Waals surface area (Å²) in [6.07, 6.45) is 22.7. The number of hydrogen-bond acceptors (Lipinski definition) is 5. The molecule has 6 unspecified atom stereocenters. The molecule has 0 spiro atoms. The first-order valence-electron chi connectivity index (χ1n) is 13.3. The molecule has 5 heteroatoms. The van der Waals surface area contributed by atoms with Crippen LogP contribution in [0.15, 0.2) is 48.1 Å². The minimum atomic E-state index is -0.703. The Kier molecular flexibility index (Phi) is 6.17.